The molecule has 1 amide bonds. The number of aromatic amines is 1. The van der Waals surface area contributed by atoms with E-state index in [1.54, 1.807) is 6.92 Å². The topological polar surface area (TPSA) is 56.3 Å². The average molecular weight is 256 g/mol. The molecule has 2 N–H and O–H groups in total. The van der Waals surface area contributed by atoms with Crippen LogP contribution in [0.4, 0.5) is 0 Å². The van der Waals surface area contributed by atoms with Gasteiger partial charge in [-0.1, -0.05) is 18.2 Å². The SMILES string of the molecule is CC1(O)C=CC(=O)N1CCc1c[nH]c2ccccc12. The molecule has 4 nitrogen and oxygen atoms in total. The van der Waals surface area contributed by atoms with E-state index < -0.39 is 5.72 Å². The number of para-hydroxylation sites is 1. The second-order valence-corrected chi connectivity index (χ2v) is 5.03. The Hall–Kier alpha value is -2.07. The third-order valence-electron chi connectivity index (χ3n) is 3.63. The van der Waals surface area contributed by atoms with E-state index in [1.165, 1.54) is 22.4 Å². The lowest BCUT2D eigenvalue weighted by Gasteiger charge is -2.29. The second kappa shape index (κ2) is 4.24. The molecule has 0 spiro atoms. The van der Waals surface area contributed by atoms with E-state index in [0.29, 0.717) is 13.0 Å². The first kappa shape index (κ1) is 12.0. The van der Waals surface area contributed by atoms with Crippen molar-refractivity contribution in [1.29, 1.82) is 0 Å². The first-order valence-electron chi connectivity index (χ1n) is 6.36. The second-order valence-electron chi connectivity index (χ2n) is 5.03. The largest absolute Gasteiger partial charge is 0.367 e. The number of fused-ring (bicyclic) bond motifs is 1. The minimum absolute atomic E-state index is 0.134. The smallest absolute Gasteiger partial charge is 0.248 e. The molecule has 2 aromatic rings. The Morgan fingerprint density at radius 3 is 2.89 bits per heavy atom. The molecule has 0 saturated carbocycles. The number of H-pyrrole nitrogens is 1. The number of carbonyl (C=O) groups excluding carboxylic acids is 1. The first-order chi connectivity index (χ1) is 9.08. The summed E-state index contributed by atoms with van der Waals surface area (Å²) in [5.74, 6) is -0.134. The van der Waals surface area contributed by atoms with Gasteiger partial charge in [-0.3, -0.25) is 4.79 Å². The number of aromatic nitrogens is 1. The van der Waals surface area contributed by atoms with Crippen LogP contribution in [-0.2, 0) is 11.2 Å². The molecule has 3 rings (SSSR count). The van der Waals surface area contributed by atoms with Crippen molar-refractivity contribution < 1.29 is 9.90 Å². The maximum atomic E-state index is 11.7. The summed E-state index contributed by atoms with van der Waals surface area (Å²) in [5, 5.41) is 11.2. The van der Waals surface area contributed by atoms with E-state index in [4.69, 9.17) is 0 Å². The summed E-state index contributed by atoms with van der Waals surface area (Å²) in [6.07, 6.45) is 5.64. The zero-order valence-electron chi connectivity index (χ0n) is 10.8. The zero-order valence-corrected chi connectivity index (χ0v) is 10.8. The summed E-state index contributed by atoms with van der Waals surface area (Å²) < 4.78 is 0. The average Bonchev–Trinajstić information content (AvgIpc) is 2.90. The lowest BCUT2D eigenvalue weighted by Crippen LogP contribution is -2.44. The summed E-state index contributed by atoms with van der Waals surface area (Å²) in [6.45, 7) is 2.13. The van der Waals surface area contributed by atoms with Crippen LogP contribution in [0.5, 0.6) is 0 Å². The number of rotatable bonds is 3. The molecule has 4 heteroatoms. The van der Waals surface area contributed by atoms with Crippen molar-refractivity contribution in [3.05, 3.63) is 48.2 Å². The molecule has 1 aliphatic heterocycles. The third-order valence-corrected chi connectivity index (χ3v) is 3.63. The van der Waals surface area contributed by atoms with Crippen LogP contribution in [0, 0.1) is 0 Å². The van der Waals surface area contributed by atoms with Gasteiger partial charge in [-0.05, 0) is 31.1 Å². The number of benzene rings is 1. The van der Waals surface area contributed by atoms with Gasteiger partial charge in [0.25, 0.3) is 0 Å². The maximum absolute atomic E-state index is 11.7. The maximum Gasteiger partial charge on any atom is 0.248 e. The minimum atomic E-state index is -1.16. The molecule has 1 aromatic carbocycles. The molecule has 1 unspecified atom stereocenters. The molecular weight excluding hydrogens is 240 g/mol. The predicted octanol–water partition coefficient (Wildman–Crippen LogP) is 1.82. The Morgan fingerprint density at radius 2 is 2.16 bits per heavy atom. The molecule has 0 aliphatic carbocycles. The summed E-state index contributed by atoms with van der Waals surface area (Å²) in [7, 11) is 0. The summed E-state index contributed by atoms with van der Waals surface area (Å²) in [4.78, 5) is 16.4. The van der Waals surface area contributed by atoms with Crippen LogP contribution in [-0.4, -0.2) is 33.2 Å². The van der Waals surface area contributed by atoms with E-state index in [9.17, 15) is 9.90 Å². The molecule has 1 atom stereocenters. The Labute approximate surface area is 111 Å². The number of nitrogens with one attached hydrogen (secondary N) is 1. The van der Waals surface area contributed by atoms with Gasteiger partial charge in [-0.15, -0.1) is 0 Å². The van der Waals surface area contributed by atoms with E-state index in [2.05, 4.69) is 11.1 Å². The highest BCUT2D eigenvalue weighted by molar-refractivity contribution is 5.91. The Kier molecular flexibility index (Phi) is 2.68. The Morgan fingerprint density at radius 1 is 1.37 bits per heavy atom. The Bertz CT molecular complexity index is 655. The van der Waals surface area contributed by atoms with Crippen LogP contribution in [0.15, 0.2) is 42.6 Å². The van der Waals surface area contributed by atoms with Crippen molar-refractivity contribution in [3.63, 3.8) is 0 Å². The predicted molar refractivity (Wildman–Crippen MR) is 73.5 cm³/mol. The quantitative estimate of drug-likeness (QED) is 0.880. The standard InChI is InChI=1S/C15H16N2O2/c1-15(19)8-6-14(18)17(15)9-7-11-10-16-13-5-3-2-4-12(11)13/h2-6,8,10,16,19H,7,9H2,1H3. The monoisotopic (exact) mass is 256 g/mol. The molecule has 19 heavy (non-hydrogen) atoms. The molecule has 2 heterocycles. The van der Waals surface area contributed by atoms with Gasteiger partial charge in [-0.25, -0.2) is 0 Å². The lowest BCUT2D eigenvalue weighted by molar-refractivity contribution is -0.138. The van der Waals surface area contributed by atoms with Gasteiger partial charge in [0.15, 0.2) is 5.72 Å². The Balaban J connectivity index is 1.78. The normalized spacial score (nSPS) is 22.6. The van der Waals surface area contributed by atoms with Crippen LogP contribution in [0.3, 0.4) is 0 Å². The van der Waals surface area contributed by atoms with Crippen molar-refractivity contribution in [2.45, 2.75) is 19.1 Å². The molecular formula is C15H16N2O2. The highest BCUT2D eigenvalue weighted by Gasteiger charge is 2.34. The van der Waals surface area contributed by atoms with Crippen molar-refractivity contribution in [2.75, 3.05) is 6.54 Å². The van der Waals surface area contributed by atoms with Crippen LogP contribution in [0.2, 0.25) is 0 Å². The van der Waals surface area contributed by atoms with Gasteiger partial charge in [0, 0.05) is 29.7 Å². The lowest BCUT2D eigenvalue weighted by atomic mass is 10.1. The molecule has 0 bridgehead atoms. The number of carbonyl (C=O) groups is 1. The minimum Gasteiger partial charge on any atom is -0.367 e. The number of hydrogen-bond donors (Lipinski definition) is 2. The fourth-order valence-corrected chi connectivity index (χ4v) is 2.54. The van der Waals surface area contributed by atoms with Crippen molar-refractivity contribution >= 4 is 16.8 Å². The van der Waals surface area contributed by atoms with Gasteiger partial charge in [0.1, 0.15) is 0 Å². The van der Waals surface area contributed by atoms with Crippen molar-refractivity contribution in [1.82, 2.24) is 9.88 Å². The molecule has 1 aliphatic rings. The zero-order chi connectivity index (χ0) is 13.5. The first-order valence-corrected chi connectivity index (χ1v) is 6.36. The number of amides is 1. The number of nitrogens with zero attached hydrogens (tertiary/aromatic N) is 1. The van der Waals surface area contributed by atoms with E-state index in [0.717, 1.165) is 11.1 Å². The molecule has 1 aromatic heterocycles. The van der Waals surface area contributed by atoms with Gasteiger partial charge in [-0.2, -0.15) is 0 Å². The molecule has 0 radical (unpaired) electrons. The summed E-state index contributed by atoms with van der Waals surface area (Å²) in [6, 6.07) is 8.07. The van der Waals surface area contributed by atoms with Crippen molar-refractivity contribution in [2.24, 2.45) is 0 Å². The van der Waals surface area contributed by atoms with Crippen LogP contribution < -0.4 is 0 Å². The number of hydrogen-bond acceptors (Lipinski definition) is 2. The van der Waals surface area contributed by atoms with Crippen LogP contribution >= 0.6 is 0 Å². The fraction of sp³-hybridized carbons (Fsp3) is 0.267. The van der Waals surface area contributed by atoms with Crippen LogP contribution in [0.1, 0.15) is 12.5 Å². The highest BCUT2D eigenvalue weighted by atomic mass is 16.3. The van der Waals surface area contributed by atoms with E-state index in [1.807, 2.05) is 24.4 Å². The van der Waals surface area contributed by atoms with E-state index >= 15 is 0 Å². The van der Waals surface area contributed by atoms with Crippen LogP contribution in [0.25, 0.3) is 10.9 Å². The van der Waals surface area contributed by atoms with E-state index in [-0.39, 0.29) is 5.91 Å². The van der Waals surface area contributed by atoms with Gasteiger partial charge >= 0.3 is 0 Å². The van der Waals surface area contributed by atoms with Gasteiger partial charge in [0.2, 0.25) is 5.91 Å². The van der Waals surface area contributed by atoms with Gasteiger partial charge < -0.3 is 15.0 Å². The van der Waals surface area contributed by atoms with Crippen molar-refractivity contribution in [3.8, 4) is 0 Å². The summed E-state index contributed by atoms with van der Waals surface area (Å²) in [5.41, 5.74) is 1.09. The third kappa shape index (κ3) is 2.04. The fourth-order valence-electron chi connectivity index (χ4n) is 2.54. The molecule has 98 valence electrons. The number of aliphatic hydroxyl groups is 1. The van der Waals surface area contributed by atoms with Gasteiger partial charge in [0.05, 0.1) is 0 Å². The molecule has 0 saturated heterocycles. The summed E-state index contributed by atoms with van der Waals surface area (Å²) >= 11 is 0. The highest BCUT2D eigenvalue weighted by Crippen LogP contribution is 2.23. The molecule has 0 fully saturated rings.